The smallest absolute Gasteiger partial charge is 0.123 e. The number of methoxy groups -OCH3 is 1. The van der Waals surface area contributed by atoms with Crippen molar-refractivity contribution in [2.24, 2.45) is 0 Å². The summed E-state index contributed by atoms with van der Waals surface area (Å²) in [6.07, 6.45) is 0. The van der Waals surface area contributed by atoms with Crippen molar-refractivity contribution in [1.82, 2.24) is 9.88 Å². The maximum atomic E-state index is 5.61. The lowest BCUT2D eigenvalue weighted by Gasteiger charge is -2.23. The summed E-state index contributed by atoms with van der Waals surface area (Å²) in [6.45, 7) is 3.63. The third kappa shape index (κ3) is 3.85. The normalized spacial score (nSPS) is 13.1. The van der Waals surface area contributed by atoms with Crippen LogP contribution in [0.25, 0.3) is 0 Å². The van der Waals surface area contributed by atoms with E-state index in [-0.39, 0.29) is 0 Å². The fourth-order valence-corrected chi connectivity index (χ4v) is 1.37. The van der Waals surface area contributed by atoms with E-state index >= 15 is 0 Å². The van der Waals surface area contributed by atoms with Gasteiger partial charge in [-0.3, -0.25) is 4.90 Å². The Morgan fingerprint density at radius 2 is 2.27 bits per heavy atom. The van der Waals surface area contributed by atoms with Crippen LogP contribution in [0.4, 0.5) is 5.82 Å². The van der Waals surface area contributed by atoms with Crippen molar-refractivity contribution in [3.05, 3.63) is 23.9 Å². The average Bonchev–Trinajstić information content (AvgIpc) is 2.18. The van der Waals surface area contributed by atoms with Gasteiger partial charge in [0.1, 0.15) is 5.82 Å². The molecule has 1 unspecified atom stereocenters. The van der Waals surface area contributed by atoms with Crippen LogP contribution in [-0.2, 0) is 11.3 Å². The molecule has 0 aliphatic carbocycles. The van der Waals surface area contributed by atoms with Gasteiger partial charge in [-0.2, -0.15) is 0 Å². The quantitative estimate of drug-likeness (QED) is 0.790. The minimum atomic E-state index is 0.373. The molecule has 4 nitrogen and oxygen atoms in total. The zero-order valence-electron chi connectivity index (χ0n) is 9.60. The molecule has 1 aromatic heterocycles. The molecule has 4 heteroatoms. The maximum absolute atomic E-state index is 5.61. The second-order valence-corrected chi connectivity index (χ2v) is 3.77. The van der Waals surface area contributed by atoms with Gasteiger partial charge in [-0.05, 0) is 26.1 Å². The lowest BCUT2D eigenvalue weighted by atomic mass is 10.2. The monoisotopic (exact) mass is 209 g/mol. The number of aromatic nitrogens is 1. The topological polar surface area (TPSA) is 51.4 Å². The van der Waals surface area contributed by atoms with Gasteiger partial charge in [0, 0.05) is 19.7 Å². The Balaban J connectivity index is 2.54. The van der Waals surface area contributed by atoms with Gasteiger partial charge in [-0.25, -0.2) is 4.98 Å². The van der Waals surface area contributed by atoms with E-state index in [1.165, 1.54) is 0 Å². The van der Waals surface area contributed by atoms with Crippen LogP contribution in [0.5, 0.6) is 0 Å². The van der Waals surface area contributed by atoms with E-state index in [0.29, 0.717) is 11.9 Å². The number of hydrogen-bond acceptors (Lipinski definition) is 4. The van der Waals surface area contributed by atoms with Crippen LogP contribution in [0.1, 0.15) is 12.6 Å². The number of nitrogens with zero attached hydrogens (tertiary/aromatic N) is 2. The molecule has 0 fully saturated rings. The van der Waals surface area contributed by atoms with E-state index in [1.54, 1.807) is 13.2 Å². The third-order valence-corrected chi connectivity index (χ3v) is 2.40. The van der Waals surface area contributed by atoms with Gasteiger partial charge in [0.15, 0.2) is 0 Å². The number of nitrogen functional groups attached to an aromatic ring is 1. The first kappa shape index (κ1) is 11.9. The summed E-state index contributed by atoms with van der Waals surface area (Å²) < 4.78 is 5.10. The van der Waals surface area contributed by atoms with Crippen molar-refractivity contribution < 1.29 is 4.74 Å². The Hall–Kier alpha value is -1.13. The lowest BCUT2D eigenvalue weighted by molar-refractivity contribution is 0.111. The molecular weight excluding hydrogens is 190 g/mol. The molecule has 84 valence electrons. The van der Waals surface area contributed by atoms with E-state index in [2.05, 4.69) is 23.9 Å². The van der Waals surface area contributed by atoms with Crippen LogP contribution in [0.2, 0.25) is 0 Å². The highest BCUT2D eigenvalue weighted by molar-refractivity contribution is 5.28. The highest BCUT2D eigenvalue weighted by Gasteiger charge is 2.09. The minimum absolute atomic E-state index is 0.373. The fourth-order valence-electron chi connectivity index (χ4n) is 1.37. The van der Waals surface area contributed by atoms with Gasteiger partial charge in [-0.1, -0.05) is 6.07 Å². The molecule has 0 spiro atoms. The number of nitrogens with two attached hydrogens (primary N) is 1. The van der Waals surface area contributed by atoms with Gasteiger partial charge >= 0.3 is 0 Å². The lowest BCUT2D eigenvalue weighted by Crippen LogP contribution is -2.32. The number of likely N-dealkylation sites (N-methyl/N-ethyl adjacent to an activating group) is 1. The van der Waals surface area contributed by atoms with Gasteiger partial charge in [0.25, 0.3) is 0 Å². The molecule has 0 aliphatic heterocycles. The molecule has 0 aliphatic rings. The Morgan fingerprint density at radius 1 is 1.53 bits per heavy atom. The third-order valence-electron chi connectivity index (χ3n) is 2.40. The molecule has 0 saturated heterocycles. The number of hydrogen-bond donors (Lipinski definition) is 1. The van der Waals surface area contributed by atoms with Crippen LogP contribution < -0.4 is 5.73 Å². The first-order valence-corrected chi connectivity index (χ1v) is 5.04. The maximum Gasteiger partial charge on any atom is 0.123 e. The van der Waals surface area contributed by atoms with E-state index in [1.807, 2.05) is 12.1 Å². The SMILES string of the molecule is COCC(C)N(C)Cc1cccc(N)n1. The van der Waals surface area contributed by atoms with Gasteiger partial charge in [0.05, 0.1) is 12.3 Å². The summed E-state index contributed by atoms with van der Waals surface area (Å²) in [4.78, 5) is 6.44. The molecular formula is C11H19N3O. The van der Waals surface area contributed by atoms with Crippen molar-refractivity contribution in [3.63, 3.8) is 0 Å². The van der Waals surface area contributed by atoms with Gasteiger partial charge in [0.2, 0.25) is 0 Å². The van der Waals surface area contributed by atoms with Crippen molar-refractivity contribution >= 4 is 5.82 Å². The first-order chi connectivity index (χ1) is 7.13. The van der Waals surface area contributed by atoms with Crippen molar-refractivity contribution in [3.8, 4) is 0 Å². The highest BCUT2D eigenvalue weighted by Crippen LogP contribution is 2.06. The zero-order valence-corrected chi connectivity index (χ0v) is 9.60. The Labute approximate surface area is 91.1 Å². The minimum Gasteiger partial charge on any atom is -0.384 e. The molecule has 0 amide bonds. The summed E-state index contributed by atoms with van der Waals surface area (Å²) in [5.74, 6) is 0.570. The van der Waals surface area contributed by atoms with Gasteiger partial charge < -0.3 is 10.5 Å². The van der Waals surface area contributed by atoms with Crippen molar-refractivity contribution in [2.45, 2.75) is 19.5 Å². The van der Waals surface area contributed by atoms with Crippen molar-refractivity contribution in [1.29, 1.82) is 0 Å². The van der Waals surface area contributed by atoms with Crippen LogP contribution in [0.15, 0.2) is 18.2 Å². The average molecular weight is 209 g/mol. The first-order valence-electron chi connectivity index (χ1n) is 5.04. The van der Waals surface area contributed by atoms with Crippen LogP contribution >= 0.6 is 0 Å². The molecule has 0 saturated carbocycles. The molecule has 0 radical (unpaired) electrons. The van der Waals surface area contributed by atoms with E-state index in [9.17, 15) is 0 Å². The number of ether oxygens (including phenoxy) is 1. The Bertz CT molecular complexity index is 304. The van der Waals surface area contributed by atoms with E-state index < -0.39 is 0 Å². The molecule has 0 bridgehead atoms. The van der Waals surface area contributed by atoms with E-state index in [0.717, 1.165) is 18.8 Å². The summed E-state index contributed by atoms with van der Waals surface area (Å²) in [7, 11) is 3.76. The second kappa shape index (κ2) is 5.68. The summed E-state index contributed by atoms with van der Waals surface area (Å²) in [6, 6.07) is 6.07. The number of anilines is 1. The Kier molecular flexibility index (Phi) is 4.52. The molecule has 2 N–H and O–H groups in total. The highest BCUT2D eigenvalue weighted by atomic mass is 16.5. The predicted molar refractivity (Wildman–Crippen MR) is 61.5 cm³/mol. The molecule has 1 aromatic rings. The Morgan fingerprint density at radius 3 is 2.87 bits per heavy atom. The van der Waals surface area contributed by atoms with Crippen LogP contribution in [0.3, 0.4) is 0 Å². The molecule has 1 rings (SSSR count). The zero-order chi connectivity index (χ0) is 11.3. The fraction of sp³-hybridized carbons (Fsp3) is 0.545. The molecule has 15 heavy (non-hydrogen) atoms. The standard InChI is InChI=1S/C11H19N3O/c1-9(8-15-3)14(2)7-10-5-4-6-11(12)13-10/h4-6,9H,7-8H2,1-3H3,(H2,12,13). The predicted octanol–water partition coefficient (Wildman–Crippen LogP) is 1.13. The summed E-state index contributed by atoms with van der Waals surface area (Å²) in [5.41, 5.74) is 6.60. The molecule has 0 aromatic carbocycles. The van der Waals surface area contributed by atoms with Crippen LogP contribution in [-0.4, -0.2) is 36.7 Å². The number of rotatable bonds is 5. The molecule has 1 atom stereocenters. The largest absolute Gasteiger partial charge is 0.384 e. The van der Waals surface area contributed by atoms with Crippen LogP contribution in [0, 0.1) is 0 Å². The summed E-state index contributed by atoms with van der Waals surface area (Å²) in [5, 5.41) is 0. The van der Waals surface area contributed by atoms with Crippen molar-refractivity contribution in [2.75, 3.05) is 26.5 Å². The number of pyridine rings is 1. The molecule has 1 heterocycles. The van der Waals surface area contributed by atoms with E-state index in [4.69, 9.17) is 10.5 Å². The second-order valence-electron chi connectivity index (χ2n) is 3.77. The van der Waals surface area contributed by atoms with Gasteiger partial charge in [-0.15, -0.1) is 0 Å². The summed E-state index contributed by atoms with van der Waals surface area (Å²) >= 11 is 0.